The van der Waals surface area contributed by atoms with E-state index in [1.165, 1.54) is 24.8 Å². The molecule has 2 rings (SSSR count). The van der Waals surface area contributed by atoms with E-state index >= 15 is 0 Å². The Balaban J connectivity index is 1.96. The average Bonchev–Trinajstić information content (AvgIpc) is 2.43. The number of benzene rings is 1. The van der Waals surface area contributed by atoms with Crippen LogP contribution in [-0.2, 0) is 0 Å². The zero-order valence-corrected chi connectivity index (χ0v) is 13.2. The van der Waals surface area contributed by atoms with Gasteiger partial charge in [0.05, 0.1) is 0 Å². The number of nitrogens with two attached hydrogens (primary N) is 1. The Morgan fingerprint density at radius 1 is 1.24 bits per heavy atom. The molecule has 0 aromatic heterocycles. The van der Waals surface area contributed by atoms with Crippen LogP contribution in [0.3, 0.4) is 0 Å². The summed E-state index contributed by atoms with van der Waals surface area (Å²) in [7, 11) is 0. The number of hydrogen-bond acceptors (Lipinski definition) is 2. The van der Waals surface area contributed by atoms with Crippen molar-refractivity contribution in [3.63, 3.8) is 0 Å². The van der Waals surface area contributed by atoms with Crippen molar-refractivity contribution in [2.75, 3.05) is 5.32 Å². The highest BCUT2D eigenvalue weighted by molar-refractivity contribution is 5.87. The third kappa shape index (κ3) is 4.46. The number of urea groups is 1. The second-order valence-corrected chi connectivity index (χ2v) is 6.50. The van der Waals surface area contributed by atoms with Gasteiger partial charge in [0.2, 0.25) is 0 Å². The van der Waals surface area contributed by atoms with Crippen LogP contribution in [0.5, 0.6) is 0 Å². The Morgan fingerprint density at radius 3 is 2.52 bits per heavy atom. The fraction of sp³-hybridized carbons (Fsp3) is 0.588. The van der Waals surface area contributed by atoms with E-state index in [4.69, 9.17) is 5.73 Å². The lowest BCUT2D eigenvalue weighted by molar-refractivity contribution is 0.216. The lowest BCUT2D eigenvalue weighted by Gasteiger charge is -2.35. The molecule has 4 unspecified atom stereocenters. The molecular weight excluding hydrogens is 262 g/mol. The van der Waals surface area contributed by atoms with Crippen LogP contribution in [0.1, 0.15) is 51.6 Å². The number of nitrogens with one attached hydrogen (secondary N) is 2. The minimum atomic E-state index is -0.529. The number of carbonyl (C=O) groups is 1. The number of rotatable bonds is 4. The third-order valence-electron chi connectivity index (χ3n) is 4.60. The summed E-state index contributed by atoms with van der Waals surface area (Å²) in [4.78, 5) is 10.8. The molecule has 4 N–H and O–H groups in total. The largest absolute Gasteiger partial charge is 0.351 e. The van der Waals surface area contributed by atoms with Crippen LogP contribution in [0, 0.1) is 11.8 Å². The Kier molecular flexibility index (Phi) is 5.23. The molecule has 21 heavy (non-hydrogen) atoms. The SMILES string of the molecule is CC1CCC(C)C(NC(C)c2ccc(NC(N)=O)cc2)C1. The number of hydrogen-bond donors (Lipinski definition) is 3. The molecule has 0 bridgehead atoms. The Morgan fingerprint density at radius 2 is 1.90 bits per heavy atom. The van der Waals surface area contributed by atoms with Gasteiger partial charge >= 0.3 is 6.03 Å². The highest BCUT2D eigenvalue weighted by atomic mass is 16.2. The minimum Gasteiger partial charge on any atom is -0.351 e. The molecule has 0 heterocycles. The molecule has 4 nitrogen and oxygen atoms in total. The molecule has 0 aliphatic heterocycles. The van der Waals surface area contributed by atoms with Crippen LogP contribution in [0.4, 0.5) is 10.5 Å². The van der Waals surface area contributed by atoms with Gasteiger partial charge in [-0.15, -0.1) is 0 Å². The van der Waals surface area contributed by atoms with E-state index < -0.39 is 6.03 Å². The van der Waals surface area contributed by atoms with Gasteiger partial charge in [0.15, 0.2) is 0 Å². The van der Waals surface area contributed by atoms with Gasteiger partial charge in [-0.05, 0) is 49.3 Å². The van der Waals surface area contributed by atoms with Crippen molar-refractivity contribution in [3.8, 4) is 0 Å². The molecule has 2 amide bonds. The van der Waals surface area contributed by atoms with E-state index in [0.717, 1.165) is 17.5 Å². The number of amides is 2. The van der Waals surface area contributed by atoms with Gasteiger partial charge in [0.25, 0.3) is 0 Å². The molecule has 1 saturated carbocycles. The lowest BCUT2D eigenvalue weighted by Crippen LogP contribution is -2.40. The molecule has 0 saturated heterocycles. The van der Waals surface area contributed by atoms with E-state index in [0.29, 0.717) is 12.1 Å². The first-order valence-corrected chi connectivity index (χ1v) is 7.88. The summed E-state index contributed by atoms with van der Waals surface area (Å²) in [5.74, 6) is 1.55. The van der Waals surface area contributed by atoms with Gasteiger partial charge < -0.3 is 16.4 Å². The zero-order chi connectivity index (χ0) is 15.4. The topological polar surface area (TPSA) is 67.2 Å². The van der Waals surface area contributed by atoms with Crippen LogP contribution < -0.4 is 16.4 Å². The molecule has 116 valence electrons. The van der Waals surface area contributed by atoms with E-state index in [1.807, 2.05) is 24.3 Å². The fourth-order valence-electron chi connectivity index (χ4n) is 3.18. The first-order chi connectivity index (χ1) is 9.95. The van der Waals surface area contributed by atoms with Gasteiger partial charge in [-0.3, -0.25) is 0 Å². The maximum Gasteiger partial charge on any atom is 0.316 e. The van der Waals surface area contributed by atoms with Gasteiger partial charge in [0, 0.05) is 17.8 Å². The molecule has 4 atom stereocenters. The average molecular weight is 289 g/mol. The predicted molar refractivity (Wildman–Crippen MR) is 87.2 cm³/mol. The smallest absolute Gasteiger partial charge is 0.316 e. The summed E-state index contributed by atoms with van der Waals surface area (Å²) in [5.41, 5.74) is 7.08. The first-order valence-electron chi connectivity index (χ1n) is 7.88. The summed E-state index contributed by atoms with van der Waals surface area (Å²) in [6, 6.07) is 8.24. The van der Waals surface area contributed by atoms with E-state index in [9.17, 15) is 4.79 Å². The van der Waals surface area contributed by atoms with Crippen LogP contribution in [0.25, 0.3) is 0 Å². The van der Waals surface area contributed by atoms with E-state index in [-0.39, 0.29) is 0 Å². The Bertz CT molecular complexity index is 471. The molecular formula is C17H27N3O. The highest BCUT2D eigenvalue weighted by Crippen LogP contribution is 2.30. The molecule has 1 aromatic carbocycles. The normalized spacial score (nSPS) is 27.1. The third-order valence-corrected chi connectivity index (χ3v) is 4.60. The Hall–Kier alpha value is -1.55. The number of anilines is 1. The van der Waals surface area contributed by atoms with E-state index in [2.05, 4.69) is 31.4 Å². The van der Waals surface area contributed by atoms with Crippen molar-refractivity contribution >= 4 is 11.7 Å². The monoisotopic (exact) mass is 289 g/mol. The zero-order valence-electron chi connectivity index (χ0n) is 13.2. The first kappa shape index (κ1) is 15.8. The predicted octanol–water partition coefficient (Wildman–Crippen LogP) is 3.65. The second kappa shape index (κ2) is 6.94. The van der Waals surface area contributed by atoms with Crippen LogP contribution >= 0.6 is 0 Å². The van der Waals surface area contributed by atoms with Gasteiger partial charge in [-0.1, -0.05) is 32.4 Å². The summed E-state index contributed by atoms with van der Waals surface area (Å²) in [5, 5.41) is 6.35. The molecule has 0 spiro atoms. The molecule has 1 aromatic rings. The lowest BCUT2D eigenvalue weighted by atomic mass is 9.79. The summed E-state index contributed by atoms with van der Waals surface area (Å²) >= 11 is 0. The van der Waals surface area contributed by atoms with Crippen molar-refractivity contribution in [1.29, 1.82) is 0 Å². The Labute approximate surface area is 127 Å². The number of primary amides is 1. The van der Waals surface area contributed by atoms with Gasteiger partial charge in [0.1, 0.15) is 0 Å². The number of carbonyl (C=O) groups excluding carboxylic acids is 1. The van der Waals surface area contributed by atoms with Gasteiger partial charge in [-0.2, -0.15) is 0 Å². The highest BCUT2D eigenvalue weighted by Gasteiger charge is 2.26. The van der Waals surface area contributed by atoms with Crippen LogP contribution in [0.2, 0.25) is 0 Å². The van der Waals surface area contributed by atoms with Crippen LogP contribution in [0.15, 0.2) is 24.3 Å². The van der Waals surface area contributed by atoms with Crippen molar-refractivity contribution in [2.24, 2.45) is 17.6 Å². The molecule has 1 aliphatic rings. The second-order valence-electron chi connectivity index (χ2n) is 6.50. The van der Waals surface area contributed by atoms with Gasteiger partial charge in [-0.25, -0.2) is 4.79 Å². The van der Waals surface area contributed by atoms with Crippen molar-refractivity contribution in [3.05, 3.63) is 29.8 Å². The van der Waals surface area contributed by atoms with Crippen molar-refractivity contribution < 1.29 is 4.79 Å². The van der Waals surface area contributed by atoms with Crippen LogP contribution in [-0.4, -0.2) is 12.1 Å². The van der Waals surface area contributed by atoms with Crippen molar-refractivity contribution in [1.82, 2.24) is 5.32 Å². The van der Waals surface area contributed by atoms with E-state index in [1.54, 1.807) is 0 Å². The minimum absolute atomic E-state index is 0.311. The molecule has 4 heteroatoms. The maximum absolute atomic E-state index is 10.8. The van der Waals surface area contributed by atoms with Crippen molar-refractivity contribution in [2.45, 2.75) is 52.1 Å². The maximum atomic E-state index is 10.8. The molecule has 0 radical (unpaired) electrons. The summed E-state index contributed by atoms with van der Waals surface area (Å²) < 4.78 is 0. The fourth-order valence-corrected chi connectivity index (χ4v) is 3.18. The standard InChI is InChI=1S/C17H27N3O/c1-11-4-5-12(2)16(10-11)19-13(3)14-6-8-15(9-7-14)20-17(18)21/h6-9,11-13,16,19H,4-5,10H2,1-3H3,(H3,18,20,21). The molecule has 1 fully saturated rings. The molecule has 1 aliphatic carbocycles. The quantitative estimate of drug-likeness (QED) is 0.792. The summed E-state index contributed by atoms with van der Waals surface area (Å²) in [6.07, 6.45) is 3.92. The summed E-state index contributed by atoms with van der Waals surface area (Å²) in [6.45, 7) is 6.88.